The van der Waals surface area contributed by atoms with Crippen molar-refractivity contribution in [3.63, 3.8) is 0 Å². The van der Waals surface area contributed by atoms with E-state index < -0.39 is 0 Å². The van der Waals surface area contributed by atoms with Crippen LogP contribution in [0.15, 0.2) is 24.3 Å². The molecule has 1 aromatic carbocycles. The van der Waals surface area contributed by atoms with Crippen molar-refractivity contribution in [2.75, 3.05) is 13.6 Å². The molecule has 0 spiro atoms. The summed E-state index contributed by atoms with van der Waals surface area (Å²) in [5, 5.41) is 3.90. The normalized spacial score (nSPS) is 11.4. The molecule has 4 heteroatoms. The molecule has 18 heavy (non-hydrogen) atoms. The Hall–Kier alpha value is -1.06. The molecule has 0 atom stereocenters. The lowest BCUT2D eigenvalue weighted by atomic mass is 10.1. The third-order valence-corrected chi connectivity index (χ3v) is 2.78. The fraction of sp³-hybridized carbons (Fsp3) is 0.500. The summed E-state index contributed by atoms with van der Waals surface area (Å²) in [6.07, 6.45) is 0. The van der Waals surface area contributed by atoms with Crippen molar-refractivity contribution >= 4 is 17.5 Å². The lowest BCUT2D eigenvalue weighted by Crippen LogP contribution is -2.43. The van der Waals surface area contributed by atoms with Crippen LogP contribution in [0.25, 0.3) is 0 Å². The van der Waals surface area contributed by atoms with Gasteiger partial charge < -0.3 is 10.2 Å². The van der Waals surface area contributed by atoms with Crippen molar-refractivity contribution in [2.45, 2.75) is 32.9 Å². The number of amides is 1. The monoisotopic (exact) mass is 268 g/mol. The highest BCUT2D eigenvalue weighted by atomic mass is 35.5. The number of hydrogen-bond acceptors (Lipinski definition) is 2. The third-order valence-electron chi connectivity index (χ3n) is 2.53. The number of carbonyl (C=O) groups excluding carboxylic acids is 1. The second-order valence-electron chi connectivity index (χ2n) is 5.48. The quantitative estimate of drug-likeness (QED) is 0.911. The summed E-state index contributed by atoms with van der Waals surface area (Å²) in [4.78, 5) is 13.6. The van der Waals surface area contributed by atoms with Gasteiger partial charge in [-0.2, -0.15) is 0 Å². The van der Waals surface area contributed by atoms with Crippen LogP contribution >= 0.6 is 11.6 Å². The number of halogens is 1. The fourth-order valence-corrected chi connectivity index (χ4v) is 1.55. The molecular weight excluding hydrogens is 248 g/mol. The Kier molecular flexibility index (Phi) is 5.17. The molecule has 1 amide bonds. The molecule has 1 N–H and O–H groups in total. The van der Waals surface area contributed by atoms with Gasteiger partial charge in [-0.15, -0.1) is 0 Å². The van der Waals surface area contributed by atoms with E-state index in [0.29, 0.717) is 18.1 Å². The molecule has 0 saturated carbocycles. The van der Waals surface area contributed by atoms with Gasteiger partial charge in [0, 0.05) is 24.2 Å². The summed E-state index contributed by atoms with van der Waals surface area (Å²) in [5.74, 6) is 0.0832. The average Bonchev–Trinajstić information content (AvgIpc) is 2.28. The molecular formula is C14H21ClN2O. The van der Waals surface area contributed by atoms with Crippen LogP contribution in [-0.4, -0.2) is 29.9 Å². The smallest absolute Gasteiger partial charge is 0.236 e. The van der Waals surface area contributed by atoms with Crippen molar-refractivity contribution in [1.82, 2.24) is 10.2 Å². The number of likely N-dealkylation sites (N-methyl/N-ethyl adjacent to an activating group) is 1. The van der Waals surface area contributed by atoms with Gasteiger partial charge >= 0.3 is 0 Å². The minimum absolute atomic E-state index is 0.0449. The Labute approximate surface area is 114 Å². The lowest BCUT2D eigenvalue weighted by molar-refractivity contribution is -0.129. The summed E-state index contributed by atoms with van der Waals surface area (Å²) in [6, 6.07) is 7.54. The Bertz CT molecular complexity index is 395. The molecule has 3 nitrogen and oxygen atoms in total. The number of rotatable bonds is 4. The van der Waals surface area contributed by atoms with Crippen molar-refractivity contribution in [3.05, 3.63) is 34.9 Å². The van der Waals surface area contributed by atoms with E-state index >= 15 is 0 Å². The van der Waals surface area contributed by atoms with Crippen LogP contribution in [0.2, 0.25) is 5.02 Å². The van der Waals surface area contributed by atoms with Crippen molar-refractivity contribution in [2.24, 2.45) is 0 Å². The lowest BCUT2D eigenvalue weighted by Gasteiger charge is -2.23. The molecule has 1 aromatic rings. The first-order valence-corrected chi connectivity index (χ1v) is 6.39. The van der Waals surface area contributed by atoms with Gasteiger partial charge in [0.05, 0.1) is 6.54 Å². The maximum absolute atomic E-state index is 11.9. The Morgan fingerprint density at radius 3 is 2.33 bits per heavy atom. The van der Waals surface area contributed by atoms with Crippen LogP contribution < -0.4 is 5.32 Å². The van der Waals surface area contributed by atoms with Gasteiger partial charge in [-0.05, 0) is 38.5 Å². The third kappa shape index (κ3) is 5.52. The Balaban J connectivity index is 2.47. The number of hydrogen-bond donors (Lipinski definition) is 1. The predicted molar refractivity (Wildman–Crippen MR) is 75.7 cm³/mol. The van der Waals surface area contributed by atoms with E-state index in [1.165, 1.54) is 0 Å². The average molecular weight is 269 g/mol. The standard InChI is InChI=1S/C14H21ClN2O/c1-14(2,3)16-9-13(18)17(4)10-11-5-7-12(15)8-6-11/h5-8,16H,9-10H2,1-4H3. The molecule has 0 fully saturated rings. The highest BCUT2D eigenvalue weighted by Crippen LogP contribution is 2.11. The van der Waals surface area contributed by atoms with E-state index in [4.69, 9.17) is 11.6 Å². The summed E-state index contributed by atoms with van der Waals surface area (Å²) < 4.78 is 0. The molecule has 0 radical (unpaired) electrons. The molecule has 0 bridgehead atoms. The van der Waals surface area contributed by atoms with Gasteiger partial charge in [0.1, 0.15) is 0 Å². The van der Waals surface area contributed by atoms with Gasteiger partial charge in [-0.3, -0.25) is 4.79 Å². The summed E-state index contributed by atoms with van der Waals surface area (Å²) in [6.45, 7) is 7.08. The van der Waals surface area contributed by atoms with Crippen LogP contribution in [0.1, 0.15) is 26.3 Å². The number of benzene rings is 1. The van der Waals surface area contributed by atoms with E-state index in [2.05, 4.69) is 5.32 Å². The predicted octanol–water partition coefficient (Wildman–Crippen LogP) is 2.69. The Morgan fingerprint density at radius 2 is 1.83 bits per heavy atom. The maximum Gasteiger partial charge on any atom is 0.236 e. The van der Waals surface area contributed by atoms with Gasteiger partial charge in [0.15, 0.2) is 0 Å². The van der Waals surface area contributed by atoms with Crippen LogP contribution in [0.4, 0.5) is 0 Å². The molecule has 0 unspecified atom stereocenters. The van der Waals surface area contributed by atoms with Crippen molar-refractivity contribution in [3.8, 4) is 0 Å². The topological polar surface area (TPSA) is 32.3 Å². The molecule has 0 aliphatic heterocycles. The molecule has 1 rings (SSSR count). The fourth-order valence-electron chi connectivity index (χ4n) is 1.43. The number of carbonyl (C=O) groups is 1. The molecule has 0 aliphatic carbocycles. The summed E-state index contributed by atoms with van der Waals surface area (Å²) in [7, 11) is 1.81. The maximum atomic E-state index is 11.9. The molecule has 0 aliphatic rings. The van der Waals surface area contributed by atoms with Crippen LogP contribution in [0.3, 0.4) is 0 Å². The highest BCUT2D eigenvalue weighted by Gasteiger charge is 2.14. The minimum Gasteiger partial charge on any atom is -0.340 e. The van der Waals surface area contributed by atoms with Gasteiger partial charge in [-0.25, -0.2) is 0 Å². The van der Waals surface area contributed by atoms with Crippen molar-refractivity contribution in [1.29, 1.82) is 0 Å². The van der Waals surface area contributed by atoms with E-state index in [-0.39, 0.29) is 11.4 Å². The minimum atomic E-state index is -0.0449. The Morgan fingerprint density at radius 1 is 1.28 bits per heavy atom. The van der Waals surface area contributed by atoms with Crippen LogP contribution in [0.5, 0.6) is 0 Å². The van der Waals surface area contributed by atoms with E-state index in [1.807, 2.05) is 45.0 Å². The van der Waals surface area contributed by atoms with Gasteiger partial charge in [0.25, 0.3) is 0 Å². The highest BCUT2D eigenvalue weighted by molar-refractivity contribution is 6.30. The van der Waals surface area contributed by atoms with Gasteiger partial charge in [0.2, 0.25) is 5.91 Å². The summed E-state index contributed by atoms with van der Waals surface area (Å²) >= 11 is 5.82. The molecule has 0 aromatic heterocycles. The zero-order chi connectivity index (χ0) is 13.8. The summed E-state index contributed by atoms with van der Waals surface area (Å²) in [5.41, 5.74) is 1.03. The van der Waals surface area contributed by atoms with E-state index in [0.717, 1.165) is 5.56 Å². The van der Waals surface area contributed by atoms with Crippen molar-refractivity contribution < 1.29 is 4.79 Å². The molecule has 0 saturated heterocycles. The number of nitrogens with one attached hydrogen (secondary N) is 1. The second kappa shape index (κ2) is 6.21. The molecule has 0 heterocycles. The zero-order valence-electron chi connectivity index (χ0n) is 11.5. The van der Waals surface area contributed by atoms with Gasteiger partial charge in [-0.1, -0.05) is 23.7 Å². The van der Waals surface area contributed by atoms with E-state index in [1.54, 1.807) is 11.9 Å². The molecule has 100 valence electrons. The second-order valence-corrected chi connectivity index (χ2v) is 5.92. The van der Waals surface area contributed by atoms with Crippen LogP contribution in [0, 0.1) is 0 Å². The van der Waals surface area contributed by atoms with Crippen LogP contribution in [-0.2, 0) is 11.3 Å². The SMILES string of the molecule is CN(Cc1ccc(Cl)cc1)C(=O)CNC(C)(C)C. The largest absolute Gasteiger partial charge is 0.340 e. The first kappa shape index (κ1) is 15.0. The van der Waals surface area contributed by atoms with E-state index in [9.17, 15) is 4.79 Å². The zero-order valence-corrected chi connectivity index (χ0v) is 12.2. The first-order chi connectivity index (χ1) is 8.28. The first-order valence-electron chi connectivity index (χ1n) is 6.01. The number of nitrogens with zero attached hydrogens (tertiary/aromatic N) is 1.